The van der Waals surface area contributed by atoms with Crippen LogP contribution in [0.2, 0.25) is 0 Å². The monoisotopic (exact) mass is 376 g/mol. The molecule has 4 nitrogen and oxygen atoms in total. The van der Waals surface area contributed by atoms with Gasteiger partial charge in [-0.15, -0.1) is 0 Å². The van der Waals surface area contributed by atoms with Crippen LogP contribution in [0.3, 0.4) is 0 Å². The molecule has 0 spiro atoms. The van der Waals surface area contributed by atoms with Crippen LogP contribution in [-0.4, -0.2) is 30.9 Å². The number of ether oxygens (including phenoxy) is 2. The summed E-state index contributed by atoms with van der Waals surface area (Å²) in [6.45, 7) is 17.4. The number of phenols is 1. The Morgan fingerprint density at radius 2 is 1.56 bits per heavy atom. The Kier molecular flexibility index (Phi) is 8.55. The first-order valence-corrected chi connectivity index (χ1v) is 9.70. The lowest BCUT2D eigenvalue weighted by Crippen LogP contribution is -2.18. The van der Waals surface area contributed by atoms with Crippen LogP contribution in [0, 0.1) is 0 Å². The van der Waals surface area contributed by atoms with E-state index in [0.717, 1.165) is 36.5 Å². The molecule has 0 radical (unpaired) electrons. The van der Waals surface area contributed by atoms with Crippen molar-refractivity contribution >= 4 is 5.97 Å². The maximum absolute atomic E-state index is 10.9. The molecule has 1 aromatic carbocycles. The largest absolute Gasteiger partial charge is 0.507 e. The van der Waals surface area contributed by atoms with Crippen LogP contribution in [0.4, 0.5) is 0 Å². The number of carbonyl (C=O) groups is 1. The third-order valence-electron chi connectivity index (χ3n) is 4.43. The van der Waals surface area contributed by atoms with Crippen molar-refractivity contribution < 1.29 is 19.4 Å². The fourth-order valence-electron chi connectivity index (χ4n) is 2.88. The maximum Gasteiger partial charge on any atom is 0.330 e. The van der Waals surface area contributed by atoms with Crippen molar-refractivity contribution in [2.24, 2.45) is 0 Å². The van der Waals surface area contributed by atoms with Crippen molar-refractivity contribution in [3.05, 3.63) is 41.5 Å². The first-order chi connectivity index (χ1) is 12.5. The number of carbonyl (C=O) groups excluding carboxylic acids is 1. The molecule has 0 atom stereocenters. The summed E-state index contributed by atoms with van der Waals surface area (Å²) in [6.07, 6.45) is 4.03. The molecule has 1 rings (SSSR count). The fraction of sp³-hybridized carbons (Fsp3) is 0.609. The zero-order chi connectivity index (χ0) is 20.7. The van der Waals surface area contributed by atoms with Gasteiger partial charge >= 0.3 is 5.97 Å². The number of unbranched alkanes of at least 4 members (excludes halogenated alkanes) is 1. The predicted octanol–water partition coefficient (Wildman–Crippen LogP) is 5.06. The minimum atomic E-state index is -0.421. The third-order valence-corrected chi connectivity index (χ3v) is 4.43. The fourth-order valence-corrected chi connectivity index (χ4v) is 2.88. The van der Waals surface area contributed by atoms with Crippen molar-refractivity contribution in [3.63, 3.8) is 0 Å². The van der Waals surface area contributed by atoms with Crippen LogP contribution in [0.1, 0.15) is 71.1 Å². The second-order valence-corrected chi connectivity index (χ2v) is 8.98. The quantitative estimate of drug-likeness (QED) is 0.372. The minimum Gasteiger partial charge on any atom is -0.507 e. The summed E-state index contributed by atoms with van der Waals surface area (Å²) in [5, 5.41) is 10.8. The van der Waals surface area contributed by atoms with Gasteiger partial charge in [0.15, 0.2) is 0 Å². The molecule has 0 aliphatic heterocycles. The van der Waals surface area contributed by atoms with Crippen molar-refractivity contribution in [1.82, 2.24) is 0 Å². The van der Waals surface area contributed by atoms with Crippen LogP contribution < -0.4 is 0 Å². The highest BCUT2D eigenvalue weighted by Crippen LogP contribution is 2.40. The normalized spacial score (nSPS) is 12.1. The Bertz CT molecular complexity index is 598. The van der Waals surface area contributed by atoms with Crippen molar-refractivity contribution in [2.75, 3.05) is 19.8 Å². The minimum absolute atomic E-state index is 0.105. The maximum atomic E-state index is 10.9. The molecule has 4 heteroatoms. The average Bonchev–Trinajstić information content (AvgIpc) is 2.55. The number of phenolic OH excluding ortho intramolecular Hbond substituents is 1. The zero-order valence-electron chi connectivity index (χ0n) is 17.9. The van der Waals surface area contributed by atoms with E-state index in [1.54, 1.807) is 0 Å². The molecule has 152 valence electrons. The van der Waals surface area contributed by atoms with E-state index in [0.29, 0.717) is 19.0 Å². The summed E-state index contributed by atoms with van der Waals surface area (Å²) >= 11 is 0. The Hall–Kier alpha value is -1.81. The highest BCUT2D eigenvalue weighted by atomic mass is 16.6. The highest BCUT2D eigenvalue weighted by molar-refractivity contribution is 5.81. The molecule has 0 heterocycles. The van der Waals surface area contributed by atoms with Crippen LogP contribution in [0.25, 0.3) is 0 Å². The molecule has 0 bridgehead atoms. The number of aryl methyl sites for hydroxylation is 1. The Labute approximate surface area is 164 Å². The summed E-state index contributed by atoms with van der Waals surface area (Å²) < 4.78 is 10.4. The molecule has 0 saturated heterocycles. The Morgan fingerprint density at radius 3 is 2.04 bits per heavy atom. The van der Waals surface area contributed by atoms with Gasteiger partial charge in [0.25, 0.3) is 0 Å². The van der Waals surface area contributed by atoms with Gasteiger partial charge in [-0.25, -0.2) is 4.79 Å². The number of hydrogen-bond acceptors (Lipinski definition) is 4. The number of esters is 1. The third kappa shape index (κ3) is 7.76. The van der Waals surface area contributed by atoms with Crippen LogP contribution in [0.15, 0.2) is 24.8 Å². The molecule has 1 aromatic rings. The smallest absolute Gasteiger partial charge is 0.330 e. The van der Waals surface area contributed by atoms with Gasteiger partial charge in [0.2, 0.25) is 0 Å². The van der Waals surface area contributed by atoms with Gasteiger partial charge in [0.05, 0.1) is 6.61 Å². The van der Waals surface area contributed by atoms with Crippen molar-refractivity contribution in [1.29, 1.82) is 0 Å². The van der Waals surface area contributed by atoms with E-state index in [-0.39, 0.29) is 17.4 Å². The van der Waals surface area contributed by atoms with Gasteiger partial charge in [-0.2, -0.15) is 0 Å². The van der Waals surface area contributed by atoms with Gasteiger partial charge in [-0.1, -0.05) is 60.3 Å². The van der Waals surface area contributed by atoms with Crippen LogP contribution in [0.5, 0.6) is 5.75 Å². The molecular formula is C23H36O4. The lowest BCUT2D eigenvalue weighted by Gasteiger charge is -2.28. The molecule has 0 aromatic heterocycles. The molecule has 0 saturated carbocycles. The number of hydrogen-bond donors (Lipinski definition) is 1. The highest BCUT2D eigenvalue weighted by Gasteiger charge is 2.26. The van der Waals surface area contributed by atoms with E-state index in [1.165, 1.54) is 5.56 Å². The van der Waals surface area contributed by atoms with Crippen LogP contribution >= 0.6 is 0 Å². The second-order valence-electron chi connectivity index (χ2n) is 8.98. The summed E-state index contributed by atoms with van der Waals surface area (Å²) in [7, 11) is 0. The summed E-state index contributed by atoms with van der Waals surface area (Å²) in [5.74, 6) is 0.00592. The lowest BCUT2D eigenvalue weighted by molar-refractivity contribution is -0.139. The summed E-state index contributed by atoms with van der Waals surface area (Å²) in [6, 6.07) is 4.28. The van der Waals surface area contributed by atoms with Gasteiger partial charge in [-0.3, -0.25) is 0 Å². The standard InChI is InChI=1S/C23H36O4/c1-8-20(24)27-14-13-26-12-10-9-11-17-15-18(22(2,3)4)21(25)19(16-17)23(5,6)7/h8,15-16,25H,1,9-14H2,2-7H3. The first-order valence-electron chi connectivity index (χ1n) is 9.70. The van der Waals surface area contributed by atoms with E-state index in [9.17, 15) is 9.90 Å². The topological polar surface area (TPSA) is 55.8 Å². The molecule has 27 heavy (non-hydrogen) atoms. The van der Waals surface area contributed by atoms with E-state index in [4.69, 9.17) is 9.47 Å². The number of benzene rings is 1. The lowest BCUT2D eigenvalue weighted by atomic mass is 9.78. The van der Waals surface area contributed by atoms with E-state index in [1.807, 2.05) is 0 Å². The van der Waals surface area contributed by atoms with E-state index >= 15 is 0 Å². The van der Waals surface area contributed by atoms with Gasteiger partial charge in [0, 0.05) is 12.7 Å². The first kappa shape index (κ1) is 23.2. The molecule has 0 fully saturated rings. The molecule has 0 amide bonds. The van der Waals surface area contributed by atoms with Gasteiger partial charge < -0.3 is 14.6 Å². The SMILES string of the molecule is C=CC(=O)OCCOCCCCc1cc(C(C)(C)C)c(O)c(C(C)(C)C)c1. The van der Waals surface area contributed by atoms with Gasteiger partial charge in [0.1, 0.15) is 12.4 Å². The molecule has 0 aliphatic carbocycles. The molecular weight excluding hydrogens is 340 g/mol. The van der Waals surface area contributed by atoms with Crippen molar-refractivity contribution in [2.45, 2.75) is 71.6 Å². The summed E-state index contributed by atoms with van der Waals surface area (Å²) in [5.41, 5.74) is 3.05. The van der Waals surface area contributed by atoms with Gasteiger partial charge in [-0.05, 0) is 46.8 Å². The van der Waals surface area contributed by atoms with Crippen molar-refractivity contribution in [3.8, 4) is 5.75 Å². The molecule has 0 unspecified atom stereocenters. The Morgan fingerprint density at radius 1 is 1.00 bits per heavy atom. The van der Waals surface area contributed by atoms with E-state index in [2.05, 4.69) is 60.3 Å². The zero-order valence-corrected chi connectivity index (χ0v) is 17.9. The summed E-state index contributed by atoms with van der Waals surface area (Å²) in [4.78, 5) is 10.9. The second kappa shape index (κ2) is 9.93. The number of aromatic hydroxyl groups is 1. The predicted molar refractivity (Wildman–Crippen MR) is 110 cm³/mol. The van der Waals surface area contributed by atoms with Crippen LogP contribution in [-0.2, 0) is 31.5 Å². The average molecular weight is 377 g/mol. The van der Waals surface area contributed by atoms with E-state index < -0.39 is 5.97 Å². The number of rotatable bonds is 9. The molecule has 1 N–H and O–H groups in total. The molecule has 0 aliphatic rings. The Balaban J connectivity index is 2.60.